The van der Waals surface area contributed by atoms with Crippen LogP contribution in [0.2, 0.25) is 5.02 Å². The Kier molecular flexibility index (Phi) is 3.78. The molecule has 0 radical (unpaired) electrons. The topological polar surface area (TPSA) is 67.3 Å². The summed E-state index contributed by atoms with van der Waals surface area (Å²) in [4.78, 5) is 17.2. The van der Waals surface area contributed by atoms with E-state index in [9.17, 15) is 17.1 Å². The molecule has 1 atom stereocenters. The van der Waals surface area contributed by atoms with Gasteiger partial charge in [-0.1, -0.05) is 11.6 Å². The van der Waals surface area contributed by atoms with Gasteiger partial charge in [-0.05, 0) is 18.6 Å². The molecule has 8 heteroatoms. The third kappa shape index (κ3) is 3.42. The van der Waals surface area contributed by atoms with Crippen LogP contribution >= 0.6 is 11.6 Å². The summed E-state index contributed by atoms with van der Waals surface area (Å²) in [5.41, 5.74) is 0.765. The number of amides is 1. The Labute approximate surface area is 115 Å². The second-order valence-electron chi connectivity index (χ2n) is 4.57. The minimum atomic E-state index is -4.57. The van der Waals surface area contributed by atoms with Crippen LogP contribution in [0, 0.1) is 12.8 Å². The Balaban J connectivity index is 2.18. The van der Waals surface area contributed by atoms with Crippen molar-refractivity contribution in [3.8, 4) is 0 Å². The normalized spacial score (nSPS) is 20.1. The fraction of sp³-hybridized carbons (Fsp3) is 0.455. The number of rotatable bonds is 3. The van der Waals surface area contributed by atoms with Crippen molar-refractivity contribution in [3.05, 3.63) is 22.8 Å². The quantitative estimate of drug-likeness (QED) is 0.797. The Hall–Kier alpha value is -1.21. The molecule has 2 heterocycles. The number of nitrogens with zero attached hydrogens (tertiary/aromatic N) is 2. The molecule has 1 saturated heterocycles. The van der Waals surface area contributed by atoms with Gasteiger partial charge in [0.1, 0.15) is 5.82 Å². The second-order valence-corrected chi connectivity index (χ2v) is 6.39. The predicted molar refractivity (Wildman–Crippen MR) is 69.3 cm³/mol. The SMILES string of the molecule is Cc1cc(N2CC(CS(=O)(=O)F)CC2=O)ncc1Cl. The number of carbonyl (C=O) groups excluding carboxylic acids is 1. The summed E-state index contributed by atoms with van der Waals surface area (Å²) < 4.78 is 33.8. The molecule has 1 aliphatic rings. The van der Waals surface area contributed by atoms with Crippen LogP contribution in [0.15, 0.2) is 12.3 Å². The first-order chi connectivity index (χ1) is 8.76. The molecule has 0 aromatic carbocycles. The van der Waals surface area contributed by atoms with Crippen LogP contribution in [0.3, 0.4) is 0 Å². The minimum Gasteiger partial charge on any atom is -0.296 e. The van der Waals surface area contributed by atoms with Gasteiger partial charge in [-0.15, -0.1) is 3.89 Å². The van der Waals surface area contributed by atoms with Gasteiger partial charge in [0.05, 0.1) is 10.8 Å². The van der Waals surface area contributed by atoms with Crippen LogP contribution in [0.1, 0.15) is 12.0 Å². The molecule has 0 aliphatic carbocycles. The third-order valence-corrected chi connectivity index (χ3v) is 4.21. The van der Waals surface area contributed by atoms with E-state index in [1.54, 1.807) is 13.0 Å². The Morgan fingerprint density at radius 1 is 1.58 bits per heavy atom. The van der Waals surface area contributed by atoms with Crippen LogP contribution in [-0.4, -0.2) is 31.6 Å². The van der Waals surface area contributed by atoms with Crippen molar-refractivity contribution in [1.29, 1.82) is 0 Å². The molecule has 0 N–H and O–H groups in total. The summed E-state index contributed by atoms with van der Waals surface area (Å²) in [6, 6.07) is 1.65. The highest BCUT2D eigenvalue weighted by Gasteiger charge is 2.34. The van der Waals surface area contributed by atoms with Gasteiger partial charge in [-0.2, -0.15) is 8.42 Å². The summed E-state index contributed by atoms with van der Waals surface area (Å²) >= 11 is 5.84. The van der Waals surface area contributed by atoms with Gasteiger partial charge in [-0.3, -0.25) is 9.69 Å². The number of anilines is 1. The molecular weight excluding hydrogens is 295 g/mol. The maximum atomic E-state index is 12.6. The van der Waals surface area contributed by atoms with Crippen LogP contribution in [-0.2, 0) is 15.0 Å². The molecule has 1 unspecified atom stereocenters. The molecule has 5 nitrogen and oxygen atoms in total. The first kappa shape index (κ1) is 14.2. The lowest BCUT2D eigenvalue weighted by Crippen LogP contribution is -2.26. The molecule has 0 bridgehead atoms. The number of halogens is 2. The minimum absolute atomic E-state index is 0.00645. The zero-order chi connectivity index (χ0) is 14.2. The smallest absolute Gasteiger partial charge is 0.296 e. The molecule has 0 saturated carbocycles. The zero-order valence-electron chi connectivity index (χ0n) is 10.1. The standard InChI is InChI=1S/C11H12ClFN2O3S/c1-7-2-10(14-4-9(7)12)15-5-8(3-11(15)16)6-19(13,17)18/h2,4,8H,3,5-6H2,1H3. The number of hydrogen-bond donors (Lipinski definition) is 0. The lowest BCUT2D eigenvalue weighted by Gasteiger charge is -2.16. The van der Waals surface area contributed by atoms with E-state index >= 15 is 0 Å². The van der Waals surface area contributed by atoms with E-state index in [-0.39, 0.29) is 18.9 Å². The molecule has 1 aromatic rings. The van der Waals surface area contributed by atoms with Crippen molar-refractivity contribution in [2.45, 2.75) is 13.3 Å². The summed E-state index contributed by atoms with van der Waals surface area (Å²) in [5.74, 6) is -1.03. The van der Waals surface area contributed by atoms with E-state index < -0.39 is 21.9 Å². The number of pyridine rings is 1. The van der Waals surface area contributed by atoms with Gasteiger partial charge in [0, 0.05) is 25.1 Å². The number of hydrogen-bond acceptors (Lipinski definition) is 4. The average molecular weight is 307 g/mol. The van der Waals surface area contributed by atoms with E-state index in [0.29, 0.717) is 10.8 Å². The molecule has 19 heavy (non-hydrogen) atoms. The number of carbonyl (C=O) groups is 1. The summed E-state index contributed by atoms with van der Waals surface area (Å²) in [6.07, 6.45) is 1.44. The molecule has 2 rings (SSSR count). The summed E-state index contributed by atoms with van der Waals surface area (Å²) in [5, 5.41) is 0.485. The molecule has 1 fully saturated rings. The number of aryl methyl sites for hydroxylation is 1. The Morgan fingerprint density at radius 3 is 2.84 bits per heavy atom. The van der Waals surface area contributed by atoms with E-state index in [1.807, 2.05) is 0 Å². The molecule has 1 amide bonds. The second kappa shape index (κ2) is 5.05. The largest absolute Gasteiger partial charge is 0.302 e. The first-order valence-electron chi connectivity index (χ1n) is 5.61. The Morgan fingerprint density at radius 2 is 2.26 bits per heavy atom. The van der Waals surface area contributed by atoms with E-state index in [2.05, 4.69) is 4.98 Å². The first-order valence-corrected chi connectivity index (χ1v) is 7.54. The highest BCUT2D eigenvalue weighted by Crippen LogP contribution is 2.27. The van der Waals surface area contributed by atoms with Gasteiger partial charge in [0.2, 0.25) is 5.91 Å². The van der Waals surface area contributed by atoms with Gasteiger partial charge in [0.25, 0.3) is 0 Å². The molecular formula is C11H12ClFN2O3S. The van der Waals surface area contributed by atoms with E-state index in [0.717, 1.165) is 5.56 Å². The highest BCUT2D eigenvalue weighted by molar-refractivity contribution is 7.86. The van der Waals surface area contributed by atoms with Gasteiger partial charge in [-0.25, -0.2) is 4.98 Å². The van der Waals surface area contributed by atoms with Crippen LogP contribution < -0.4 is 4.90 Å². The highest BCUT2D eigenvalue weighted by atomic mass is 35.5. The number of aromatic nitrogens is 1. The lowest BCUT2D eigenvalue weighted by molar-refractivity contribution is -0.117. The lowest BCUT2D eigenvalue weighted by atomic mass is 10.1. The van der Waals surface area contributed by atoms with Crippen molar-refractivity contribution in [1.82, 2.24) is 4.98 Å². The van der Waals surface area contributed by atoms with Gasteiger partial charge >= 0.3 is 10.2 Å². The third-order valence-electron chi connectivity index (χ3n) is 2.95. The predicted octanol–water partition coefficient (Wildman–Crippen LogP) is 1.70. The fourth-order valence-electron chi connectivity index (χ4n) is 2.07. The Bertz CT molecular complexity index is 620. The van der Waals surface area contributed by atoms with Crippen molar-refractivity contribution < 1.29 is 17.1 Å². The van der Waals surface area contributed by atoms with Crippen LogP contribution in [0.25, 0.3) is 0 Å². The van der Waals surface area contributed by atoms with Crippen molar-refractivity contribution in [2.75, 3.05) is 17.2 Å². The fourth-order valence-corrected chi connectivity index (χ4v) is 2.96. The molecule has 0 spiro atoms. The zero-order valence-corrected chi connectivity index (χ0v) is 11.7. The van der Waals surface area contributed by atoms with Crippen LogP contribution in [0.4, 0.5) is 9.70 Å². The molecule has 1 aromatic heterocycles. The summed E-state index contributed by atoms with van der Waals surface area (Å²) in [6.45, 7) is 1.92. The van der Waals surface area contributed by atoms with Gasteiger partial charge in [0.15, 0.2) is 0 Å². The maximum absolute atomic E-state index is 12.6. The molecule has 104 valence electrons. The van der Waals surface area contributed by atoms with E-state index in [4.69, 9.17) is 11.6 Å². The summed E-state index contributed by atoms with van der Waals surface area (Å²) in [7, 11) is -4.57. The van der Waals surface area contributed by atoms with Crippen LogP contribution in [0.5, 0.6) is 0 Å². The average Bonchev–Trinajstić information content (AvgIpc) is 2.61. The van der Waals surface area contributed by atoms with Crippen molar-refractivity contribution in [2.24, 2.45) is 5.92 Å². The maximum Gasteiger partial charge on any atom is 0.302 e. The van der Waals surface area contributed by atoms with Crippen molar-refractivity contribution in [3.63, 3.8) is 0 Å². The molecule has 1 aliphatic heterocycles. The van der Waals surface area contributed by atoms with Gasteiger partial charge < -0.3 is 0 Å². The van der Waals surface area contributed by atoms with Crippen molar-refractivity contribution >= 4 is 33.5 Å². The van der Waals surface area contributed by atoms with E-state index in [1.165, 1.54) is 11.1 Å². The monoisotopic (exact) mass is 306 g/mol.